The Bertz CT molecular complexity index is 1250. The molecule has 39 heavy (non-hydrogen) atoms. The number of hydrogen-bond acceptors (Lipinski definition) is 9. The van der Waals surface area contributed by atoms with Gasteiger partial charge < -0.3 is 39.6 Å². The maximum atomic E-state index is 12.7. The smallest absolute Gasteiger partial charge is 0.250 e. The Morgan fingerprint density at radius 3 is 1.95 bits per heavy atom. The Hall–Kier alpha value is -3.45. The molecule has 1 amide bonds. The van der Waals surface area contributed by atoms with Crippen LogP contribution in [0.2, 0.25) is 0 Å². The van der Waals surface area contributed by atoms with Crippen LogP contribution in [0.4, 0.5) is 17.2 Å². The van der Waals surface area contributed by atoms with Crippen molar-refractivity contribution in [2.24, 2.45) is 0 Å². The standard InChI is InChI=1S/C28H35IN4O6/c1-7-39-16-24(34)32-27-26(30)25(29)17(2)31-28(27)33(14-18-8-10-20(35-3)12-22(18)37-5)15-19-9-11-21(36-4)13-23(19)38-6/h8-13H,7,14-16H2,1-6H3,(H2,30,31)(H,32,34). The molecule has 10 nitrogen and oxygen atoms in total. The zero-order valence-electron chi connectivity index (χ0n) is 23.1. The quantitative estimate of drug-likeness (QED) is 0.252. The highest BCUT2D eigenvalue weighted by Crippen LogP contribution is 2.38. The fourth-order valence-corrected chi connectivity index (χ4v) is 4.38. The Morgan fingerprint density at radius 1 is 0.949 bits per heavy atom. The SMILES string of the molecule is CCOCC(=O)Nc1c(N(Cc2ccc(OC)cc2OC)Cc2ccc(OC)cc2OC)nc(C)c(I)c1N. The van der Waals surface area contributed by atoms with Gasteiger partial charge in [-0.3, -0.25) is 4.79 Å². The largest absolute Gasteiger partial charge is 0.497 e. The van der Waals surface area contributed by atoms with E-state index in [1.165, 1.54) is 0 Å². The molecule has 0 saturated heterocycles. The molecule has 1 heterocycles. The van der Waals surface area contributed by atoms with E-state index >= 15 is 0 Å². The Labute approximate surface area is 242 Å². The number of ether oxygens (including phenoxy) is 5. The highest BCUT2D eigenvalue weighted by Gasteiger charge is 2.24. The Kier molecular flexibility index (Phi) is 10.9. The van der Waals surface area contributed by atoms with Crippen molar-refractivity contribution in [3.63, 3.8) is 0 Å². The summed E-state index contributed by atoms with van der Waals surface area (Å²) in [5.41, 5.74) is 9.90. The van der Waals surface area contributed by atoms with Crippen molar-refractivity contribution >= 4 is 45.7 Å². The van der Waals surface area contributed by atoms with Gasteiger partial charge >= 0.3 is 0 Å². The molecule has 1 aromatic heterocycles. The number of nitrogens with one attached hydrogen (secondary N) is 1. The van der Waals surface area contributed by atoms with E-state index in [2.05, 4.69) is 27.9 Å². The molecule has 210 valence electrons. The number of amides is 1. The van der Waals surface area contributed by atoms with E-state index in [-0.39, 0.29) is 12.5 Å². The van der Waals surface area contributed by atoms with Crippen LogP contribution in [-0.4, -0.2) is 52.5 Å². The van der Waals surface area contributed by atoms with E-state index in [1.807, 2.05) is 55.1 Å². The topological polar surface area (TPSA) is 117 Å². The molecular formula is C28H35IN4O6. The van der Waals surface area contributed by atoms with Gasteiger partial charge in [-0.05, 0) is 60.7 Å². The molecule has 11 heteroatoms. The lowest BCUT2D eigenvalue weighted by molar-refractivity contribution is -0.120. The van der Waals surface area contributed by atoms with Crippen LogP contribution >= 0.6 is 22.6 Å². The molecule has 0 aliphatic rings. The fourth-order valence-electron chi connectivity index (χ4n) is 3.99. The number of rotatable bonds is 13. The maximum absolute atomic E-state index is 12.7. The van der Waals surface area contributed by atoms with Gasteiger partial charge in [0, 0.05) is 43.0 Å². The monoisotopic (exact) mass is 650 g/mol. The molecule has 3 N–H and O–H groups in total. The molecule has 0 aliphatic carbocycles. The highest BCUT2D eigenvalue weighted by molar-refractivity contribution is 14.1. The van der Waals surface area contributed by atoms with Crippen LogP contribution in [0.15, 0.2) is 36.4 Å². The van der Waals surface area contributed by atoms with Crippen molar-refractivity contribution in [3.8, 4) is 23.0 Å². The first-order chi connectivity index (χ1) is 18.8. The van der Waals surface area contributed by atoms with E-state index in [0.717, 1.165) is 20.4 Å². The zero-order valence-corrected chi connectivity index (χ0v) is 25.2. The zero-order chi connectivity index (χ0) is 28.5. The molecule has 0 radical (unpaired) electrons. The molecule has 0 atom stereocenters. The molecule has 2 aromatic carbocycles. The van der Waals surface area contributed by atoms with Gasteiger partial charge in [-0.15, -0.1) is 0 Å². The number of aromatic nitrogens is 1. The number of carbonyl (C=O) groups excluding carboxylic acids is 1. The second-order valence-electron chi connectivity index (χ2n) is 8.52. The van der Waals surface area contributed by atoms with Gasteiger partial charge in [-0.1, -0.05) is 0 Å². The molecule has 3 aromatic rings. The summed E-state index contributed by atoms with van der Waals surface area (Å²) in [6.07, 6.45) is 0. The molecule has 0 fully saturated rings. The summed E-state index contributed by atoms with van der Waals surface area (Å²) < 4.78 is 28.2. The van der Waals surface area contributed by atoms with Gasteiger partial charge in [0.15, 0.2) is 5.82 Å². The number of nitrogens with two attached hydrogens (primary N) is 1. The number of benzene rings is 2. The van der Waals surface area contributed by atoms with Crippen molar-refractivity contribution < 1.29 is 28.5 Å². The van der Waals surface area contributed by atoms with Crippen LogP contribution in [0.1, 0.15) is 23.7 Å². The van der Waals surface area contributed by atoms with Gasteiger partial charge in [-0.25, -0.2) is 4.98 Å². The first-order valence-corrected chi connectivity index (χ1v) is 13.3. The average molecular weight is 651 g/mol. The first kappa shape index (κ1) is 30.1. The summed E-state index contributed by atoms with van der Waals surface area (Å²) in [6, 6.07) is 11.3. The van der Waals surface area contributed by atoms with Crippen LogP contribution in [0.3, 0.4) is 0 Å². The van der Waals surface area contributed by atoms with E-state index in [1.54, 1.807) is 28.4 Å². The first-order valence-electron chi connectivity index (χ1n) is 12.3. The van der Waals surface area contributed by atoms with Crippen LogP contribution in [0.25, 0.3) is 0 Å². The predicted octanol–water partition coefficient (Wildman–Crippen LogP) is 4.79. The van der Waals surface area contributed by atoms with Gasteiger partial charge in [0.1, 0.15) is 35.3 Å². The average Bonchev–Trinajstić information content (AvgIpc) is 2.96. The number of carbonyl (C=O) groups is 1. The number of halogens is 1. The minimum atomic E-state index is -0.324. The summed E-state index contributed by atoms with van der Waals surface area (Å²) in [7, 11) is 6.43. The minimum absolute atomic E-state index is 0.0988. The molecule has 0 saturated carbocycles. The molecule has 0 unspecified atom stereocenters. The highest BCUT2D eigenvalue weighted by atomic mass is 127. The Morgan fingerprint density at radius 2 is 1.49 bits per heavy atom. The third kappa shape index (κ3) is 7.35. The van der Waals surface area contributed by atoms with E-state index in [9.17, 15) is 4.79 Å². The summed E-state index contributed by atoms with van der Waals surface area (Å²) >= 11 is 2.14. The third-order valence-electron chi connectivity index (χ3n) is 6.03. The predicted molar refractivity (Wildman–Crippen MR) is 160 cm³/mol. The number of hydrogen-bond donors (Lipinski definition) is 2. The fraction of sp³-hybridized carbons (Fsp3) is 0.357. The lowest BCUT2D eigenvalue weighted by Crippen LogP contribution is -2.28. The summed E-state index contributed by atoms with van der Waals surface area (Å²) in [4.78, 5) is 19.7. The van der Waals surface area contributed by atoms with E-state index < -0.39 is 0 Å². The van der Waals surface area contributed by atoms with E-state index in [0.29, 0.717) is 59.9 Å². The van der Waals surface area contributed by atoms with E-state index in [4.69, 9.17) is 34.4 Å². The number of anilines is 3. The number of pyridine rings is 1. The van der Waals surface area contributed by atoms with Crippen molar-refractivity contribution in [3.05, 3.63) is 56.8 Å². The van der Waals surface area contributed by atoms with Gasteiger partial charge in [0.25, 0.3) is 5.91 Å². The lowest BCUT2D eigenvalue weighted by atomic mass is 10.1. The Balaban J connectivity index is 2.17. The number of nitrogen functional groups attached to an aromatic ring is 1. The molecule has 0 aliphatic heterocycles. The summed E-state index contributed by atoms with van der Waals surface area (Å²) in [5, 5.41) is 2.93. The third-order valence-corrected chi connectivity index (χ3v) is 7.39. The van der Waals surface area contributed by atoms with Crippen LogP contribution in [0, 0.1) is 10.5 Å². The number of nitrogens with zero attached hydrogens (tertiary/aromatic N) is 2. The molecule has 0 spiro atoms. The maximum Gasteiger partial charge on any atom is 0.250 e. The van der Waals surface area contributed by atoms with Gasteiger partial charge in [0.2, 0.25) is 0 Å². The molecule has 3 rings (SSSR count). The lowest BCUT2D eigenvalue weighted by Gasteiger charge is -2.29. The summed E-state index contributed by atoms with van der Waals surface area (Å²) in [6.45, 7) is 4.79. The van der Waals surface area contributed by atoms with Crippen LogP contribution in [-0.2, 0) is 22.6 Å². The van der Waals surface area contributed by atoms with Crippen molar-refractivity contribution in [1.82, 2.24) is 4.98 Å². The van der Waals surface area contributed by atoms with Crippen molar-refractivity contribution in [1.29, 1.82) is 0 Å². The summed E-state index contributed by atoms with van der Waals surface area (Å²) in [5.74, 6) is 2.84. The molecule has 0 bridgehead atoms. The van der Waals surface area contributed by atoms with Crippen molar-refractivity contribution in [2.45, 2.75) is 26.9 Å². The number of methoxy groups -OCH3 is 4. The second-order valence-corrected chi connectivity index (χ2v) is 9.60. The van der Waals surface area contributed by atoms with Crippen molar-refractivity contribution in [2.75, 3.05) is 57.6 Å². The molecular weight excluding hydrogens is 615 g/mol. The van der Waals surface area contributed by atoms with Crippen LogP contribution in [0.5, 0.6) is 23.0 Å². The second kappa shape index (κ2) is 14.1. The van der Waals surface area contributed by atoms with Crippen LogP contribution < -0.4 is 34.9 Å². The van der Waals surface area contributed by atoms with Gasteiger partial charge in [0.05, 0.1) is 43.4 Å². The van der Waals surface area contributed by atoms with Gasteiger partial charge in [-0.2, -0.15) is 0 Å². The number of aryl methyl sites for hydroxylation is 1. The minimum Gasteiger partial charge on any atom is -0.497 e. The normalized spacial score (nSPS) is 10.6.